The van der Waals surface area contributed by atoms with E-state index in [0.29, 0.717) is 17.3 Å². The molecule has 0 aromatic heterocycles. The molecule has 0 heterocycles. The molecule has 2 bridgehead atoms. The fourth-order valence-electron chi connectivity index (χ4n) is 5.13. The predicted octanol–water partition coefficient (Wildman–Crippen LogP) is 3.91. The van der Waals surface area contributed by atoms with E-state index in [4.69, 9.17) is 10.1 Å². The van der Waals surface area contributed by atoms with Crippen molar-refractivity contribution in [1.29, 1.82) is 5.41 Å². The van der Waals surface area contributed by atoms with Crippen molar-refractivity contribution < 1.29 is 9.53 Å². The van der Waals surface area contributed by atoms with Gasteiger partial charge >= 0.3 is 0 Å². The molecule has 3 aliphatic carbocycles. The Hall–Kier alpha value is -0.330. The van der Waals surface area contributed by atoms with Crippen molar-refractivity contribution in [3.05, 3.63) is 0 Å². The maximum atomic E-state index is 12.4. The number of halogens is 1. The Morgan fingerprint density at radius 2 is 2.09 bits per heavy atom. The van der Waals surface area contributed by atoms with Gasteiger partial charge in [-0.25, -0.2) is 0 Å². The van der Waals surface area contributed by atoms with Crippen molar-refractivity contribution in [3.63, 3.8) is 0 Å². The Labute approximate surface area is 153 Å². The summed E-state index contributed by atoms with van der Waals surface area (Å²) < 4.78 is 5.48. The summed E-state index contributed by atoms with van der Waals surface area (Å²) in [6.07, 6.45) is 7.19. The number of fused-ring (bicyclic) bond motifs is 1. The molecule has 130 valence electrons. The van der Waals surface area contributed by atoms with E-state index in [1.807, 2.05) is 0 Å². The Balaban J connectivity index is 1.52. The van der Waals surface area contributed by atoms with Crippen molar-refractivity contribution in [2.75, 3.05) is 6.61 Å². The lowest BCUT2D eigenvalue weighted by atomic mass is 9.65. The van der Waals surface area contributed by atoms with Gasteiger partial charge < -0.3 is 10.1 Å². The monoisotopic (exact) mass is 432 g/mol. The van der Waals surface area contributed by atoms with Crippen LogP contribution in [0, 0.1) is 28.6 Å². The van der Waals surface area contributed by atoms with E-state index in [2.05, 4.69) is 48.7 Å². The highest BCUT2D eigenvalue weighted by atomic mass is 127. The fraction of sp³-hybridized carbons (Fsp3) is 0.889. The number of hydrogen-bond donors (Lipinski definition) is 2. The van der Waals surface area contributed by atoms with E-state index in [0.717, 1.165) is 18.8 Å². The standard InChI is InChI=1S/C18H29IN2O2/c1-4-5-14(19)16(20)23-10-15(22)21-17(3)11(2)7-18-8-12(17)6-13(18)9-18/h11-14,20H,4-10H2,1-3H3,(H,21,22). The lowest BCUT2D eigenvalue weighted by molar-refractivity contribution is -0.127. The molecule has 4 nitrogen and oxygen atoms in total. The number of rotatable bonds is 6. The van der Waals surface area contributed by atoms with Crippen LogP contribution in [-0.2, 0) is 9.53 Å². The molecular weight excluding hydrogens is 403 g/mol. The van der Waals surface area contributed by atoms with Gasteiger partial charge in [0.2, 0.25) is 0 Å². The maximum absolute atomic E-state index is 12.4. The number of carbonyl (C=O) groups is 1. The van der Waals surface area contributed by atoms with Crippen molar-refractivity contribution in [2.24, 2.45) is 23.2 Å². The molecule has 0 saturated heterocycles. The van der Waals surface area contributed by atoms with E-state index in [1.54, 1.807) is 0 Å². The summed E-state index contributed by atoms with van der Waals surface area (Å²) >= 11 is 2.22. The Bertz CT molecular complexity index is 511. The number of amides is 1. The van der Waals surface area contributed by atoms with Gasteiger partial charge in [0.25, 0.3) is 5.91 Å². The molecule has 23 heavy (non-hydrogen) atoms. The van der Waals surface area contributed by atoms with Gasteiger partial charge in [0.15, 0.2) is 12.5 Å². The van der Waals surface area contributed by atoms with Crippen LogP contribution in [-0.4, -0.2) is 27.9 Å². The van der Waals surface area contributed by atoms with Crippen LogP contribution < -0.4 is 5.32 Å². The summed E-state index contributed by atoms with van der Waals surface area (Å²) in [5.74, 6) is 2.22. The van der Waals surface area contributed by atoms with E-state index in [1.165, 1.54) is 25.7 Å². The molecule has 1 amide bonds. The third-order valence-electron chi connectivity index (χ3n) is 6.76. The van der Waals surface area contributed by atoms with E-state index < -0.39 is 0 Å². The van der Waals surface area contributed by atoms with Crippen LogP contribution in [0.25, 0.3) is 0 Å². The Kier molecular flexibility index (Phi) is 4.71. The number of nitrogens with one attached hydrogen (secondary N) is 2. The normalized spacial score (nSPS) is 41.8. The van der Waals surface area contributed by atoms with Gasteiger partial charge in [-0.1, -0.05) is 42.9 Å². The summed E-state index contributed by atoms with van der Waals surface area (Å²) in [4.78, 5) is 12.4. The maximum Gasteiger partial charge on any atom is 0.258 e. The van der Waals surface area contributed by atoms with Crippen LogP contribution in [0.15, 0.2) is 0 Å². The van der Waals surface area contributed by atoms with Crippen molar-refractivity contribution in [2.45, 2.75) is 68.8 Å². The smallest absolute Gasteiger partial charge is 0.258 e. The topological polar surface area (TPSA) is 62.2 Å². The zero-order chi connectivity index (χ0) is 16.8. The van der Waals surface area contributed by atoms with Gasteiger partial charge in [-0.05, 0) is 62.2 Å². The zero-order valence-electron chi connectivity index (χ0n) is 14.5. The molecule has 6 atom stereocenters. The lowest BCUT2D eigenvalue weighted by Crippen LogP contribution is -2.58. The number of hydrogen-bond acceptors (Lipinski definition) is 3. The van der Waals surface area contributed by atoms with Crippen molar-refractivity contribution in [3.8, 4) is 0 Å². The van der Waals surface area contributed by atoms with Crippen LogP contribution >= 0.6 is 22.6 Å². The molecule has 0 aromatic rings. The second kappa shape index (κ2) is 6.19. The Morgan fingerprint density at radius 3 is 2.78 bits per heavy atom. The second-order valence-electron chi connectivity index (χ2n) is 8.25. The fourth-order valence-corrected chi connectivity index (χ4v) is 5.93. The number of ether oxygens (including phenoxy) is 1. The van der Waals surface area contributed by atoms with Gasteiger partial charge in [0.1, 0.15) is 0 Å². The highest BCUT2D eigenvalue weighted by Crippen LogP contribution is 2.73. The summed E-state index contributed by atoms with van der Waals surface area (Å²) in [7, 11) is 0. The van der Waals surface area contributed by atoms with Crippen LogP contribution in [0.4, 0.5) is 0 Å². The largest absolute Gasteiger partial charge is 0.470 e. The van der Waals surface area contributed by atoms with Crippen molar-refractivity contribution in [1.82, 2.24) is 5.32 Å². The highest BCUT2D eigenvalue weighted by molar-refractivity contribution is 14.1. The first kappa shape index (κ1) is 17.5. The number of carbonyl (C=O) groups excluding carboxylic acids is 1. The average molecular weight is 432 g/mol. The van der Waals surface area contributed by atoms with Crippen LogP contribution in [0.3, 0.4) is 0 Å². The molecule has 3 rings (SSSR count). The zero-order valence-corrected chi connectivity index (χ0v) is 16.6. The van der Waals surface area contributed by atoms with Gasteiger partial charge in [-0.2, -0.15) is 0 Å². The third kappa shape index (κ3) is 3.14. The first-order valence-electron chi connectivity index (χ1n) is 8.97. The minimum absolute atomic E-state index is 0.0222. The van der Waals surface area contributed by atoms with Gasteiger partial charge in [-0.15, -0.1) is 0 Å². The van der Waals surface area contributed by atoms with Gasteiger partial charge in [0, 0.05) is 5.54 Å². The summed E-state index contributed by atoms with van der Waals surface area (Å²) in [5.41, 5.74) is 0.538. The molecule has 3 aliphatic rings. The summed E-state index contributed by atoms with van der Waals surface area (Å²) in [6, 6.07) is 0. The quantitative estimate of drug-likeness (QED) is 0.289. The second-order valence-corrected chi connectivity index (χ2v) is 9.75. The first-order chi connectivity index (χ1) is 10.8. The average Bonchev–Trinajstić information content (AvgIpc) is 3.04. The predicted molar refractivity (Wildman–Crippen MR) is 100.0 cm³/mol. The molecular formula is C18H29IN2O2. The van der Waals surface area contributed by atoms with Gasteiger partial charge in [-0.3, -0.25) is 10.2 Å². The van der Waals surface area contributed by atoms with Crippen LogP contribution in [0.1, 0.15) is 59.3 Å². The van der Waals surface area contributed by atoms with E-state index in [-0.39, 0.29) is 27.9 Å². The molecule has 0 aromatic carbocycles. The molecule has 2 N–H and O–H groups in total. The Morgan fingerprint density at radius 1 is 1.39 bits per heavy atom. The molecule has 3 saturated carbocycles. The minimum Gasteiger partial charge on any atom is -0.470 e. The SMILES string of the molecule is CCCC(I)C(=N)OCC(=O)NC1(C)C(C)CC23CC2CC1C3. The number of alkyl halides is 1. The third-order valence-corrected chi connectivity index (χ3v) is 7.95. The molecule has 1 spiro atoms. The van der Waals surface area contributed by atoms with E-state index in [9.17, 15) is 4.79 Å². The molecule has 0 radical (unpaired) electrons. The molecule has 3 fully saturated rings. The van der Waals surface area contributed by atoms with Crippen LogP contribution in [0.5, 0.6) is 0 Å². The highest BCUT2D eigenvalue weighted by Gasteiger charge is 2.67. The van der Waals surface area contributed by atoms with Crippen LogP contribution in [0.2, 0.25) is 0 Å². The minimum atomic E-state index is -0.103. The summed E-state index contributed by atoms with van der Waals surface area (Å²) in [5, 5.41) is 11.2. The van der Waals surface area contributed by atoms with E-state index >= 15 is 0 Å². The summed E-state index contributed by atoms with van der Waals surface area (Å²) in [6.45, 7) is 6.59. The lowest BCUT2D eigenvalue weighted by Gasteiger charge is -2.47. The van der Waals surface area contributed by atoms with Gasteiger partial charge in [0.05, 0.1) is 3.92 Å². The molecule has 0 aliphatic heterocycles. The first-order valence-corrected chi connectivity index (χ1v) is 10.2. The van der Waals surface area contributed by atoms with Crippen molar-refractivity contribution >= 4 is 34.4 Å². The molecule has 5 heteroatoms. The molecule has 6 unspecified atom stereocenters.